The second-order valence-electron chi connectivity index (χ2n) is 8.75. The Morgan fingerprint density at radius 1 is 1.23 bits per heavy atom. The quantitative estimate of drug-likeness (QED) is 0.782. The zero-order chi connectivity index (χ0) is 22.1. The molecule has 0 radical (unpaired) electrons. The molecule has 6 nitrogen and oxygen atoms in total. The number of carbonyl (C=O) groups excluding carboxylic acids is 2. The van der Waals surface area contributed by atoms with Crippen molar-refractivity contribution < 1.29 is 14.0 Å². The number of rotatable bonds is 4. The molecule has 1 aromatic carbocycles. The Bertz CT molecular complexity index is 982. The van der Waals surface area contributed by atoms with Crippen LogP contribution < -0.4 is 10.2 Å². The summed E-state index contributed by atoms with van der Waals surface area (Å²) >= 11 is 1.65. The third-order valence-corrected chi connectivity index (χ3v) is 7.22. The Balaban J connectivity index is 1.37. The molecule has 2 amide bonds. The topological polar surface area (TPSA) is 65.5 Å². The number of amides is 2. The van der Waals surface area contributed by atoms with Crippen LogP contribution in [0.4, 0.5) is 15.2 Å². The molecule has 1 fully saturated rings. The molecule has 1 saturated heterocycles. The predicted octanol–water partition coefficient (Wildman–Crippen LogP) is 3.64. The summed E-state index contributed by atoms with van der Waals surface area (Å²) < 4.78 is 14.1. The molecule has 1 aromatic heterocycles. The summed E-state index contributed by atoms with van der Waals surface area (Å²) in [5, 5.41) is 3.73. The van der Waals surface area contributed by atoms with Crippen molar-refractivity contribution in [3.8, 4) is 0 Å². The van der Waals surface area contributed by atoms with Gasteiger partial charge in [0.15, 0.2) is 5.13 Å². The fraction of sp³-hybridized carbons (Fsp3) is 0.522. The number of hydrogen-bond acceptors (Lipinski definition) is 5. The van der Waals surface area contributed by atoms with Crippen LogP contribution in [0.3, 0.4) is 0 Å². The minimum Gasteiger partial charge on any atom is -0.345 e. The zero-order valence-electron chi connectivity index (χ0n) is 18.3. The first-order chi connectivity index (χ1) is 14.8. The van der Waals surface area contributed by atoms with Crippen molar-refractivity contribution in [1.82, 2.24) is 9.88 Å². The molecule has 2 heterocycles. The van der Waals surface area contributed by atoms with Crippen LogP contribution in [0.25, 0.3) is 0 Å². The second kappa shape index (κ2) is 8.94. The highest BCUT2D eigenvalue weighted by molar-refractivity contribution is 7.15. The first-order valence-electron chi connectivity index (χ1n) is 10.9. The summed E-state index contributed by atoms with van der Waals surface area (Å²) in [7, 11) is 0. The van der Waals surface area contributed by atoms with Crippen molar-refractivity contribution in [3.05, 3.63) is 40.2 Å². The lowest BCUT2D eigenvalue weighted by Gasteiger charge is -2.35. The number of piperazine rings is 1. The number of aryl methyl sites for hydroxylation is 2. The van der Waals surface area contributed by atoms with Crippen molar-refractivity contribution in [2.45, 2.75) is 40.0 Å². The van der Waals surface area contributed by atoms with E-state index in [1.165, 1.54) is 6.07 Å². The Hall–Kier alpha value is -2.48. The molecule has 31 heavy (non-hydrogen) atoms. The Morgan fingerprint density at radius 3 is 2.65 bits per heavy atom. The average molecular weight is 445 g/mol. The minimum atomic E-state index is -0.403. The maximum atomic E-state index is 14.1. The lowest BCUT2D eigenvalue weighted by Crippen LogP contribution is -2.49. The molecular formula is C23H29FN4O2S. The summed E-state index contributed by atoms with van der Waals surface area (Å²) in [4.78, 5) is 35.1. The highest BCUT2D eigenvalue weighted by Crippen LogP contribution is 2.35. The van der Waals surface area contributed by atoms with Gasteiger partial charge in [-0.3, -0.25) is 9.59 Å². The molecule has 166 valence electrons. The van der Waals surface area contributed by atoms with Gasteiger partial charge in [-0.15, -0.1) is 11.3 Å². The molecule has 0 bridgehead atoms. The molecule has 1 aliphatic carbocycles. The number of benzene rings is 1. The SMILES string of the molecule is Cc1ccc(NC(=O)C2CCc3nc(N4CCN(C(=O)C(C)C)CC4)sc3C2)c(F)c1. The van der Waals surface area contributed by atoms with E-state index in [0.29, 0.717) is 25.9 Å². The van der Waals surface area contributed by atoms with Crippen LogP contribution in [0.5, 0.6) is 0 Å². The van der Waals surface area contributed by atoms with Gasteiger partial charge < -0.3 is 15.1 Å². The van der Waals surface area contributed by atoms with E-state index in [0.717, 1.165) is 40.8 Å². The molecule has 1 unspecified atom stereocenters. The average Bonchev–Trinajstić information content (AvgIpc) is 3.18. The van der Waals surface area contributed by atoms with Gasteiger partial charge >= 0.3 is 0 Å². The van der Waals surface area contributed by atoms with E-state index in [-0.39, 0.29) is 29.3 Å². The number of hydrogen-bond donors (Lipinski definition) is 1. The third-order valence-electron chi connectivity index (χ3n) is 6.04. The largest absolute Gasteiger partial charge is 0.345 e. The number of carbonyl (C=O) groups is 2. The van der Waals surface area contributed by atoms with Gasteiger partial charge in [-0.25, -0.2) is 9.37 Å². The van der Waals surface area contributed by atoms with Crippen LogP contribution in [0.1, 0.15) is 36.4 Å². The summed E-state index contributed by atoms with van der Waals surface area (Å²) in [6, 6.07) is 4.84. The number of anilines is 2. The standard InChI is InChI=1S/C23H29FN4O2S/c1-14(2)22(30)27-8-10-28(11-9-27)23-26-19-7-5-16(13-20(19)31-23)21(29)25-18-6-4-15(3)12-17(18)24/h4,6,12,14,16H,5,7-11,13H2,1-3H3,(H,25,29). The monoisotopic (exact) mass is 444 g/mol. The van der Waals surface area contributed by atoms with E-state index in [1.807, 2.05) is 25.7 Å². The number of aromatic nitrogens is 1. The molecule has 0 saturated carbocycles. The number of nitrogens with one attached hydrogen (secondary N) is 1. The van der Waals surface area contributed by atoms with Crippen molar-refractivity contribution in [1.29, 1.82) is 0 Å². The predicted molar refractivity (Wildman–Crippen MR) is 121 cm³/mol. The number of thiazole rings is 1. The van der Waals surface area contributed by atoms with E-state index in [2.05, 4.69) is 10.2 Å². The van der Waals surface area contributed by atoms with E-state index in [4.69, 9.17) is 4.98 Å². The number of fused-ring (bicyclic) bond motifs is 1. The van der Waals surface area contributed by atoms with Crippen molar-refractivity contribution in [3.63, 3.8) is 0 Å². The normalized spacial score (nSPS) is 18.8. The van der Waals surface area contributed by atoms with Gasteiger partial charge in [0.25, 0.3) is 0 Å². The summed E-state index contributed by atoms with van der Waals surface area (Å²) in [6.45, 7) is 8.68. The number of nitrogens with zero attached hydrogens (tertiary/aromatic N) is 3. The van der Waals surface area contributed by atoms with E-state index >= 15 is 0 Å². The van der Waals surface area contributed by atoms with Crippen LogP contribution in [-0.2, 0) is 22.4 Å². The van der Waals surface area contributed by atoms with Gasteiger partial charge in [-0.1, -0.05) is 19.9 Å². The van der Waals surface area contributed by atoms with Crippen molar-refractivity contribution >= 4 is 34.0 Å². The molecule has 2 aliphatic rings. The lowest BCUT2D eigenvalue weighted by atomic mass is 9.90. The summed E-state index contributed by atoms with van der Waals surface area (Å²) in [6.07, 6.45) is 2.11. The Kier molecular flexibility index (Phi) is 6.27. The summed E-state index contributed by atoms with van der Waals surface area (Å²) in [5.74, 6) is -0.488. The van der Waals surface area contributed by atoms with Crippen LogP contribution in [0.2, 0.25) is 0 Å². The zero-order valence-corrected chi connectivity index (χ0v) is 19.1. The van der Waals surface area contributed by atoms with Crippen molar-refractivity contribution in [2.75, 3.05) is 36.4 Å². The highest BCUT2D eigenvalue weighted by Gasteiger charge is 2.30. The molecule has 1 atom stereocenters. The molecule has 1 aliphatic heterocycles. The first-order valence-corrected chi connectivity index (χ1v) is 11.7. The maximum absolute atomic E-state index is 14.1. The van der Waals surface area contributed by atoms with E-state index in [9.17, 15) is 14.0 Å². The number of halogens is 1. The minimum absolute atomic E-state index is 0.0233. The van der Waals surface area contributed by atoms with Crippen LogP contribution in [-0.4, -0.2) is 47.9 Å². The molecule has 1 N–H and O–H groups in total. The van der Waals surface area contributed by atoms with E-state index in [1.54, 1.807) is 23.5 Å². The maximum Gasteiger partial charge on any atom is 0.227 e. The van der Waals surface area contributed by atoms with Gasteiger partial charge in [0, 0.05) is 42.9 Å². The fourth-order valence-corrected chi connectivity index (χ4v) is 5.40. The molecular weight excluding hydrogens is 415 g/mol. The molecule has 2 aromatic rings. The smallest absolute Gasteiger partial charge is 0.227 e. The van der Waals surface area contributed by atoms with Gasteiger partial charge in [-0.2, -0.15) is 0 Å². The first kappa shape index (κ1) is 21.7. The van der Waals surface area contributed by atoms with Gasteiger partial charge in [0.05, 0.1) is 11.4 Å². The van der Waals surface area contributed by atoms with Crippen LogP contribution in [0, 0.1) is 24.6 Å². The third kappa shape index (κ3) is 4.74. The fourth-order valence-electron chi connectivity index (χ4n) is 4.16. The highest BCUT2D eigenvalue weighted by atomic mass is 32.1. The molecule has 0 spiro atoms. The Labute approximate surface area is 186 Å². The Morgan fingerprint density at radius 2 is 1.97 bits per heavy atom. The van der Waals surface area contributed by atoms with Gasteiger partial charge in [0.2, 0.25) is 11.8 Å². The lowest BCUT2D eigenvalue weighted by molar-refractivity contribution is -0.134. The second-order valence-corrected chi connectivity index (χ2v) is 9.81. The molecule has 8 heteroatoms. The summed E-state index contributed by atoms with van der Waals surface area (Å²) in [5.41, 5.74) is 2.14. The van der Waals surface area contributed by atoms with Gasteiger partial charge in [-0.05, 0) is 43.9 Å². The van der Waals surface area contributed by atoms with Gasteiger partial charge in [0.1, 0.15) is 5.82 Å². The van der Waals surface area contributed by atoms with Crippen molar-refractivity contribution in [2.24, 2.45) is 11.8 Å². The van der Waals surface area contributed by atoms with E-state index < -0.39 is 5.82 Å². The van der Waals surface area contributed by atoms with Crippen LogP contribution in [0.15, 0.2) is 18.2 Å². The molecule has 4 rings (SSSR count). The van der Waals surface area contributed by atoms with Crippen LogP contribution >= 0.6 is 11.3 Å².